The summed E-state index contributed by atoms with van der Waals surface area (Å²) in [5.41, 5.74) is 2.57. The van der Waals surface area contributed by atoms with Crippen LogP contribution in [0, 0.1) is 6.92 Å². The number of hydrogen-bond donors (Lipinski definition) is 1. The third-order valence-electron chi connectivity index (χ3n) is 3.22. The van der Waals surface area contributed by atoms with Crippen molar-refractivity contribution in [1.29, 1.82) is 0 Å². The van der Waals surface area contributed by atoms with E-state index in [1.165, 1.54) is 36.9 Å². The molecule has 1 aromatic heterocycles. The van der Waals surface area contributed by atoms with Crippen molar-refractivity contribution in [3.8, 4) is 0 Å². The molecule has 3 nitrogen and oxygen atoms in total. The Hall–Kier alpha value is -0.830. The van der Waals surface area contributed by atoms with E-state index in [9.17, 15) is 0 Å². The van der Waals surface area contributed by atoms with Crippen LogP contribution in [0.1, 0.15) is 50.8 Å². The Morgan fingerprint density at radius 3 is 2.75 bits per heavy atom. The summed E-state index contributed by atoms with van der Waals surface area (Å²) in [6.07, 6.45) is 7.21. The van der Waals surface area contributed by atoms with Crippen molar-refractivity contribution >= 4 is 0 Å². The molecular formula is C13H25N3. The number of aromatic nitrogens is 2. The van der Waals surface area contributed by atoms with Crippen molar-refractivity contribution < 1.29 is 0 Å². The van der Waals surface area contributed by atoms with E-state index in [1.54, 1.807) is 0 Å². The number of hydrogen-bond acceptors (Lipinski definition) is 2. The highest BCUT2D eigenvalue weighted by atomic mass is 15.3. The van der Waals surface area contributed by atoms with Crippen molar-refractivity contribution in [3.63, 3.8) is 0 Å². The van der Waals surface area contributed by atoms with Crippen LogP contribution in [0.5, 0.6) is 0 Å². The lowest BCUT2D eigenvalue weighted by Gasteiger charge is -2.13. The Morgan fingerprint density at radius 1 is 1.44 bits per heavy atom. The summed E-state index contributed by atoms with van der Waals surface area (Å²) in [5, 5.41) is 7.80. The average molecular weight is 223 g/mol. The van der Waals surface area contributed by atoms with Crippen molar-refractivity contribution in [3.05, 3.63) is 17.5 Å². The van der Waals surface area contributed by atoms with E-state index in [-0.39, 0.29) is 0 Å². The molecule has 1 unspecified atom stereocenters. The predicted octanol–water partition coefficient (Wildman–Crippen LogP) is 2.79. The van der Waals surface area contributed by atoms with Crippen LogP contribution in [0.4, 0.5) is 0 Å². The normalized spacial score (nSPS) is 13.0. The molecule has 1 atom stereocenters. The molecule has 1 rings (SSSR count). The standard InChI is InChI=1S/C13H25N3/c1-5-6-7-8-11(2)14-9-13-10-15-16(4)12(13)3/h10-11,14H,5-9H2,1-4H3. The molecule has 92 valence electrons. The molecule has 0 aliphatic heterocycles. The van der Waals surface area contributed by atoms with Gasteiger partial charge in [0, 0.05) is 30.9 Å². The average Bonchev–Trinajstić information content (AvgIpc) is 2.58. The topological polar surface area (TPSA) is 29.9 Å². The second-order valence-electron chi connectivity index (χ2n) is 4.66. The third kappa shape index (κ3) is 3.97. The smallest absolute Gasteiger partial charge is 0.0537 e. The summed E-state index contributed by atoms with van der Waals surface area (Å²) in [4.78, 5) is 0. The molecule has 1 aromatic rings. The molecule has 3 heteroatoms. The Balaban J connectivity index is 2.26. The van der Waals surface area contributed by atoms with Crippen LogP contribution in [-0.2, 0) is 13.6 Å². The van der Waals surface area contributed by atoms with Gasteiger partial charge in [0.15, 0.2) is 0 Å². The SMILES string of the molecule is CCCCCC(C)NCc1cnn(C)c1C. The van der Waals surface area contributed by atoms with Gasteiger partial charge in [-0.15, -0.1) is 0 Å². The van der Waals surface area contributed by atoms with Crippen LogP contribution in [0.15, 0.2) is 6.20 Å². The van der Waals surface area contributed by atoms with E-state index in [0.29, 0.717) is 6.04 Å². The maximum Gasteiger partial charge on any atom is 0.0537 e. The molecule has 1 heterocycles. The van der Waals surface area contributed by atoms with Crippen LogP contribution in [-0.4, -0.2) is 15.8 Å². The van der Waals surface area contributed by atoms with Crippen molar-refractivity contribution in [2.24, 2.45) is 7.05 Å². The number of aryl methyl sites for hydroxylation is 1. The molecule has 0 spiro atoms. The first-order chi connectivity index (χ1) is 7.65. The minimum atomic E-state index is 0.603. The molecule has 0 saturated carbocycles. The lowest BCUT2D eigenvalue weighted by atomic mass is 10.1. The third-order valence-corrected chi connectivity index (χ3v) is 3.22. The Labute approximate surface area is 99.2 Å². The van der Waals surface area contributed by atoms with Crippen molar-refractivity contribution in [1.82, 2.24) is 15.1 Å². The molecule has 0 aliphatic rings. The summed E-state index contributed by atoms with van der Waals surface area (Å²) >= 11 is 0. The summed E-state index contributed by atoms with van der Waals surface area (Å²) in [5.74, 6) is 0. The lowest BCUT2D eigenvalue weighted by Crippen LogP contribution is -2.25. The van der Waals surface area contributed by atoms with E-state index >= 15 is 0 Å². The molecule has 0 aliphatic carbocycles. The fourth-order valence-electron chi connectivity index (χ4n) is 1.80. The molecule has 0 fully saturated rings. The van der Waals surface area contributed by atoms with Gasteiger partial charge < -0.3 is 5.32 Å². The fourth-order valence-corrected chi connectivity index (χ4v) is 1.80. The maximum atomic E-state index is 4.25. The Morgan fingerprint density at radius 2 is 2.19 bits per heavy atom. The van der Waals surface area contributed by atoms with E-state index in [4.69, 9.17) is 0 Å². The number of rotatable bonds is 7. The van der Waals surface area contributed by atoms with Crippen LogP contribution in [0.3, 0.4) is 0 Å². The molecule has 0 amide bonds. The zero-order valence-corrected chi connectivity index (χ0v) is 11.1. The van der Waals surface area contributed by atoms with Crippen LogP contribution in [0.2, 0.25) is 0 Å². The van der Waals surface area contributed by atoms with E-state index in [1.807, 2.05) is 17.9 Å². The van der Waals surface area contributed by atoms with Gasteiger partial charge in [0.25, 0.3) is 0 Å². The van der Waals surface area contributed by atoms with Gasteiger partial charge in [0.2, 0.25) is 0 Å². The number of nitrogens with zero attached hydrogens (tertiary/aromatic N) is 2. The van der Waals surface area contributed by atoms with E-state index in [2.05, 4.69) is 31.2 Å². The largest absolute Gasteiger partial charge is 0.310 e. The molecule has 0 saturated heterocycles. The van der Waals surface area contributed by atoms with Gasteiger partial charge in [-0.1, -0.05) is 26.2 Å². The molecule has 16 heavy (non-hydrogen) atoms. The first-order valence-corrected chi connectivity index (χ1v) is 6.36. The van der Waals surface area contributed by atoms with Crippen LogP contribution >= 0.6 is 0 Å². The highest BCUT2D eigenvalue weighted by Crippen LogP contribution is 2.07. The fraction of sp³-hybridized carbons (Fsp3) is 0.769. The second-order valence-corrected chi connectivity index (χ2v) is 4.66. The Kier molecular flexibility index (Phi) is 5.53. The highest BCUT2D eigenvalue weighted by molar-refractivity contribution is 5.15. The maximum absolute atomic E-state index is 4.25. The summed E-state index contributed by atoms with van der Waals surface area (Å²) in [7, 11) is 1.99. The number of nitrogens with one attached hydrogen (secondary N) is 1. The van der Waals surface area contributed by atoms with E-state index < -0.39 is 0 Å². The van der Waals surface area contributed by atoms with Crippen LogP contribution < -0.4 is 5.32 Å². The molecule has 0 aromatic carbocycles. The zero-order valence-electron chi connectivity index (χ0n) is 11.1. The van der Waals surface area contributed by atoms with Gasteiger partial charge in [0.1, 0.15) is 0 Å². The second kappa shape index (κ2) is 6.69. The first kappa shape index (κ1) is 13.2. The summed E-state index contributed by atoms with van der Waals surface area (Å²) < 4.78 is 1.93. The Bertz CT molecular complexity index is 304. The summed E-state index contributed by atoms with van der Waals surface area (Å²) in [6.45, 7) is 7.57. The van der Waals surface area contributed by atoms with Gasteiger partial charge >= 0.3 is 0 Å². The minimum Gasteiger partial charge on any atom is -0.310 e. The highest BCUT2D eigenvalue weighted by Gasteiger charge is 2.05. The van der Waals surface area contributed by atoms with Crippen LogP contribution in [0.25, 0.3) is 0 Å². The monoisotopic (exact) mass is 223 g/mol. The molecule has 0 bridgehead atoms. The van der Waals surface area contributed by atoms with Gasteiger partial charge in [-0.2, -0.15) is 5.10 Å². The van der Waals surface area contributed by atoms with Gasteiger partial charge in [0.05, 0.1) is 6.20 Å². The lowest BCUT2D eigenvalue weighted by molar-refractivity contribution is 0.486. The summed E-state index contributed by atoms with van der Waals surface area (Å²) in [6, 6.07) is 0.603. The number of unbranched alkanes of at least 4 members (excludes halogenated alkanes) is 2. The predicted molar refractivity (Wildman–Crippen MR) is 68.4 cm³/mol. The van der Waals surface area contributed by atoms with Gasteiger partial charge in [-0.05, 0) is 20.3 Å². The molecular weight excluding hydrogens is 198 g/mol. The molecule has 1 N–H and O–H groups in total. The van der Waals surface area contributed by atoms with Gasteiger partial charge in [-0.3, -0.25) is 4.68 Å². The first-order valence-electron chi connectivity index (χ1n) is 6.36. The van der Waals surface area contributed by atoms with E-state index in [0.717, 1.165) is 6.54 Å². The van der Waals surface area contributed by atoms with Crippen molar-refractivity contribution in [2.75, 3.05) is 0 Å². The van der Waals surface area contributed by atoms with Crippen molar-refractivity contribution in [2.45, 2.75) is 59.0 Å². The zero-order chi connectivity index (χ0) is 12.0. The minimum absolute atomic E-state index is 0.603. The van der Waals surface area contributed by atoms with Gasteiger partial charge in [-0.25, -0.2) is 0 Å². The quantitative estimate of drug-likeness (QED) is 0.720. The molecule has 0 radical (unpaired) electrons.